The number of aromatic nitrogens is 2. The molecule has 0 atom stereocenters. The lowest BCUT2D eigenvalue weighted by Gasteiger charge is -2.07. The monoisotopic (exact) mass is 407 g/mol. The van der Waals surface area contributed by atoms with Crippen molar-refractivity contribution in [1.29, 1.82) is 0 Å². The topological polar surface area (TPSA) is 84.1 Å². The van der Waals surface area contributed by atoms with E-state index in [1.807, 2.05) is 43.3 Å². The Morgan fingerprint density at radius 3 is 2.62 bits per heavy atom. The average Bonchev–Trinajstić information content (AvgIpc) is 3.15. The van der Waals surface area contributed by atoms with E-state index in [0.29, 0.717) is 5.65 Å². The van der Waals surface area contributed by atoms with Crippen molar-refractivity contribution in [3.63, 3.8) is 0 Å². The summed E-state index contributed by atoms with van der Waals surface area (Å²) in [6.45, 7) is 2.10. The average molecular weight is 407 g/mol. The first-order valence-electron chi connectivity index (χ1n) is 9.14. The number of aryl methyl sites for hydroxylation is 1. The zero-order valence-corrected chi connectivity index (χ0v) is 17.0. The minimum Gasteiger partial charge on any atom is -0.497 e. The lowest BCUT2D eigenvalue weighted by Crippen LogP contribution is -2.23. The van der Waals surface area contributed by atoms with Gasteiger partial charge in [-0.3, -0.25) is 0 Å². The highest BCUT2D eigenvalue weighted by molar-refractivity contribution is 7.89. The minimum atomic E-state index is -3.58. The molecule has 0 aliphatic rings. The van der Waals surface area contributed by atoms with E-state index < -0.39 is 10.0 Å². The third-order valence-corrected chi connectivity index (χ3v) is 6.19. The number of H-pyrrole nitrogens is 1. The van der Waals surface area contributed by atoms with Crippen molar-refractivity contribution in [1.82, 2.24) is 14.7 Å². The largest absolute Gasteiger partial charge is 0.497 e. The fourth-order valence-corrected chi connectivity index (χ4v) is 4.13. The molecule has 6 nitrogen and oxygen atoms in total. The molecule has 2 heterocycles. The van der Waals surface area contributed by atoms with Gasteiger partial charge >= 0.3 is 0 Å². The van der Waals surface area contributed by atoms with Crippen LogP contribution >= 0.6 is 0 Å². The number of fused-ring (bicyclic) bond motifs is 1. The highest BCUT2D eigenvalue weighted by Crippen LogP contribution is 2.25. The molecule has 0 unspecified atom stereocenters. The molecule has 0 aliphatic carbocycles. The number of sulfonamides is 1. The molecule has 0 saturated heterocycles. The zero-order valence-electron chi connectivity index (χ0n) is 16.1. The highest BCUT2D eigenvalue weighted by Gasteiger charge is 2.15. The number of hydrogen-bond donors (Lipinski definition) is 2. The molecule has 0 bridgehead atoms. The SMILES string of the molecule is COc1cccc(-c2ccc3c(CNS(=O)(=O)c4ccc(C)cc4)c[nH]c3n2)c1. The van der Waals surface area contributed by atoms with Crippen LogP contribution in [0.4, 0.5) is 0 Å². The summed E-state index contributed by atoms with van der Waals surface area (Å²) >= 11 is 0. The van der Waals surface area contributed by atoms with Crippen LogP contribution in [-0.2, 0) is 16.6 Å². The van der Waals surface area contributed by atoms with Crippen LogP contribution < -0.4 is 9.46 Å². The van der Waals surface area contributed by atoms with Crippen LogP contribution in [0.25, 0.3) is 22.3 Å². The number of nitrogens with zero attached hydrogens (tertiary/aromatic N) is 1. The molecule has 2 N–H and O–H groups in total. The number of pyridine rings is 1. The Labute approximate surface area is 169 Å². The molecule has 29 heavy (non-hydrogen) atoms. The molecule has 4 aromatic rings. The summed E-state index contributed by atoms with van der Waals surface area (Å²) in [5, 5.41) is 0.878. The summed E-state index contributed by atoms with van der Waals surface area (Å²) in [5.74, 6) is 0.766. The molecular weight excluding hydrogens is 386 g/mol. The van der Waals surface area contributed by atoms with E-state index in [-0.39, 0.29) is 11.4 Å². The Balaban J connectivity index is 1.57. The Hall–Kier alpha value is -3.16. The van der Waals surface area contributed by atoms with Gasteiger partial charge in [-0.05, 0) is 48.9 Å². The first-order chi connectivity index (χ1) is 14.0. The lowest BCUT2D eigenvalue weighted by molar-refractivity contribution is 0.415. The maximum atomic E-state index is 12.5. The number of rotatable bonds is 6. The number of ether oxygens (including phenoxy) is 1. The number of aromatic amines is 1. The van der Waals surface area contributed by atoms with Crippen LogP contribution in [0.1, 0.15) is 11.1 Å². The first kappa shape index (κ1) is 19.2. The van der Waals surface area contributed by atoms with E-state index in [1.165, 1.54) is 0 Å². The van der Waals surface area contributed by atoms with Crippen molar-refractivity contribution in [2.75, 3.05) is 7.11 Å². The van der Waals surface area contributed by atoms with Crippen LogP contribution in [0.3, 0.4) is 0 Å². The maximum Gasteiger partial charge on any atom is 0.240 e. The van der Waals surface area contributed by atoms with Gasteiger partial charge in [0.15, 0.2) is 0 Å². The van der Waals surface area contributed by atoms with Crippen molar-refractivity contribution in [3.05, 3.63) is 78.0 Å². The molecule has 4 rings (SSSR count). The standard InChI is InChI=1S/C22H21N3O3S/c1-15-6-8-19(9-7-15)29(26,27)24-14-17-13-23-22-20(17)10-11-21(25-22)16-4-3-5-18(12-16)28-2/h3-13,24H,14H2,1-2H3,(H,23,25). The number of benzene rings is 2. The summed E-state index contributed by atoms with van der Waals surface area (Å²) in [4.78, 5) is 8.05. The zero-order chi connectivity index (χ0) is 20.4. The van der Waals surface area contributed by atoms with Crippen LogP contribution in [0.15, 0.2) is 71.8 Å². The summed E-state index contributed by atoms with van der Waals surface area (Å²) in [5.41, 5.74) is 4.31. The van der Waals surface area contributed by atoms with E-state index in [4.69, 9.17) is 4.74 Å². The first-order valence-corrected chi connectivity index (χ1v) is 10.6. The Morgan fingerprint density at radius 1 is 1.07 bits per heavy atom. The molecule has 148 valence electrons. The van der Waals surface area contributed by atoms with Crippen molar-refractivity contribution >= 4 is 21.1 Å². The van der Waals surface area contributed by atoms with Gasteiger partial charge in [0.05, 0.1) is 17.7 Å². The summed E-state index contributed by atoms with van der Waals surface area (Å²) < 4.78 is 33.0. The second kappa shape index (κ2) is 7.69. The molecule has 0 radical (unpaired) electrons. The molecule has 0 amide bonds. The normalized spacial score (nSPS) is 11.7. The van der Waals surface area contributed by atoms with E-state index in [9.17, 15) is 8.42 Å². The highest BCUT2D eigenvalue weighted by atomic mass is 32.2. The molecule has 0 spiro atoms. The molecule has 0 fully saturated rings. The van der Waals surface area contributed by atoms with Crippen molar-refractivity contribution in [3.8, 4) is 17.0 Å². The lowest BCUT2D eigenvalue weighted by atomic mass is 10.1. The summed E-state index contributed by atoms with van der Waals surface area (Å²) in [6.07, 6.45) is 1.78. The van der Waals surface area contributed by atoms with Gasteiger partial charge in [-0.2, -0.15) is 0 Å². The second-order valence-corrected chi connectivity index (χ2v) is 8.54. The predicted octanol–water partition coefficient (Wildman–Crippen LogP) is 4.03. The molecule has 2 aromatic carbocycles. The van der Waals surface area contributed by atoms with Gasteiger partial charge in [-0.1, -0.05) is 29.8 Å². The number of nitrogens with one attached hydrogen (secondary N) is 2. The molecule has 0 aliphatic heterocycles. The fraction of sp³-hybridized carbons (Fsp3) is 0.136. The predicted molar refractivity (Wildman–Crippen MR) is 113 cm³/mol. The van der Waals surface area contributed by atoms with Gasteiger partial charge < -0.3 is 9.72 Å². The number of methoxy groups -OCH3 is 1. The summed E-state index contributed by atoms with van der Waals surface area (Å²) in [7, 11) is -1.95. The van der Waals surface area contributed by atoms with Gasteiger partial charge in [0.25, 0.3) is 0 Å². The molecule has 2 aromatic heterocycles. The van der Waals surface area contributed by atoms with Gasteiger partial charge in [0.2, 0.25) is 10.0 Å². The second-order valence-electron chi connectivity index (χ2n) is 6.78. The van der Waals surface area contributed by atoms with Crippen molar-refractivity contribution in [2.45, 2.75) is 18.4 Å². The van der Waals surface area contributed by atoms with E-state index >= 15 is 0 Å². The molecule has 7 heteroatoms. The molecular formula is C22H21N3O3S. The van der Waals surface area contributed by atoms with Gasteiger partial charge in [-0.15, -0.1) is 0 Å². The van der Waals surface area contributed by atoms with Crippen LogP contribution in [-0.4, -0.2) is 25.5 Å². The molecule has 0 saturated carbocycles. The van der Waals surface area contributed by atoms with E-state index in [0.717, 1.165) is 33.5 Å². The van der Waals surface area contributed by atoms with E-state index in [2.05, 4.69) is 14.7 Å². The van der Waals surface area contributed by atoms with Crippen molar-refractivity contribution < 1.29 is 13.2 Å². The van der Waals surface area contributed by atoms with Crippen LogP contribution in [0.5, 0.6) is 5.75 Å². The van der Waals surface area contributed by atoms with Crippen LogP contribution in [0, 0.1) is 6.92 Å². The minimum absolute atomic E-state index is 0.177. The Bertz CT molecular complexity index is 1260. The quantitative estimate of drug-likeness (QED) is 0.506. The van der Waals surface area contributed by atoms with Gasteiger partial charge in [-0.25, -0.2) is 18.1 Å². The number of hydrogen-bond acceptors (Lipinski definition) is 4. The van der Waals surface area contributed by atoms with Gasteiger partial charge in [0, 0.05) is 23.7 Å². The van der Waals surface area contributed by atoms with Crippen molar-refractivity contribution in [2.24, 2.45) is 0 Å². The third kappa shape index (κ3) is 4.01. The van der Waals surface area contributed by atoms with E-state index in [1.54, 1.807) is 37.6 Å². The maximum absolute atomic E-state index is 12.5. The van der Waals surface area contributed by atoms with Gasteiger partial charge in [0.1, 0.15) is 11.4 Å². The Kier molecular flexibility index (Phi) is 5.08. The third-order valence-electron chi connectivity index (χ3n) is 4.77. The smallest absolute Gasteiger partial charge is 0.240 e. The fourth-order valence-electron chi connectivity index (χ4n) is 3.12. The summed E-state index contributed by atoms with van der Waals surface area (Å²) in [6, 6.07) is 18.3. The Morgan fingerprint density at radius 2 is 1.86 bits per heavy atom. The van der Waals surface area contributed by atoms with Crippen LogP contribution in [0.2, 0.25) is 0 Å².